The van der Waals surface area contributed by atoms with Crippen LogP contribution in [0.4, 0.5) is 11.4 Å². The Morgan fingerprint density at radius 3 is 2.44 bits per heavy atom. The lowest BCUT2D eigenvalue weighted by Crippen LogP contribution is -2.14. The molecule has 0 N–H and O–H groups in total. The number of esters is 1. The van der Waals surface area contributed by atoms with E-state index in [-0.39, 0.29) is 5.97 Å². The number of ether oxygens (including phenoxy) is 1. The topological polar surface area (TPSA) is 41.9 Å². The number of hydrogen-bond acceptors (Lipinski definition) is 3. The molecule has 0 aromatic heterocycles. The summed E-state index contributed by atoms with van der Waals surface area (Å²) in [5.41, 5.74) is 2.43. The van der Waals surface area contributed by atoms with Crippen molar-refractivity contribution < 1.29 is 9.53 Å². The molecule has 0 aliphatic heterocycles. The monoisotopic (exact) mass is 366 g/mol. The number of hydrogen-bond donors (Lipinski definition) is 0. The number of carbonyl (C=O) groups excluding carboxylic acids is 1. The molecule has 0 fully saturated rings. The van der Waals surface area contributed by atoms with Gasteiger partial charge < -0.3 is 9.64 Å². The largest absolute Gasteiger partial charge is 0.462 e. The minimum atomic E-state index is -0.262. The Labute approximate surface area is 162 Å². The lowest BCUT2D eigenvalue weighted by atomic mass is 10.0. The van der Waals surface area contributed by atoms with E-state index in [1.165, 1.54) is 12.8 Å². The minimum absolute atomic E-state index is 0.262. The Morgan fingerprint density at radius 1 is 1.11 bits per heavy atom. The summed E-state index contributed by atoms with van der Waals surface area (Å²) in [5.74, 6) is 0.188. The van der Waals surface area contributed by atoms with Crippen molar-refractivity contribution in [1.82, 2.24) is 0 Å². The van der Waals surface area contributed by atoms with Gasteiger partial charge in [-0.05, 0) is 48.7 Å². The van der Waals surface area contributed by atoms with Gasteiger partial charge in [-0.15, -0.1) is 0 Å². The Kier molecular flexibility index (Phi) is 8.56. The maximum absolute atomic E-state index is 12.2. The predicted octanol–water partition coefficient (Wildman–Crippen LogP) is 5.86. The molecule has 0 saturated heterocycles. The standard InChI is InChI=1S/C23H30N2O2/c1-4-6-10-19(5-2)17-27-23(26)20-13-15-21(16-14-20)24-18-25(3)22-11-8-7-9-12-22/h7-9,11-16,18-19H,4-6,10,17H2,1-3H3. The van der Waals surface area contributed by atoms with E-state index >= 15 is 0 Å². The molecule has 144 valence electrons. The number of para-hydroxylation sites is 1. The third-order valence-corrected chi connectivity index (χ3v) is 4.64. The van der Waals surface area contributed by atoms with Crippen LogP contribution >= 0.6 is 0 Å². The molecule has 27 heavy (non-hydrogen) atoms. The Balaban J connectivity index is 1.88. The zero-order valence-electron chi connectivity index (χ0n) is 16.6. The molecule has 2 aromatic carbocycles. The lowest BCUT2D eigenvalue weighted by Gasteiger charge is -2.14. The van der Waals surface area contributed by atoms with Gasteiger partial charge in [-0.25, -0.2) is 9.79 Å². The molecule has 1 unspecified atom stereocenters. The third kappa shape index (κ3) is 6.89. The quantitative estimate of drug-likeness (QED) is 0.301. The van der Waals surface area contributed by atoms with Crippen molar-refractivity contribution in [3.05, 3.63) is 60.2 Å². The smallest absolute Gasteiger partial charge is 0.338 e. The van der Waals surface area contributed by atoms with Crippen LogP contribution in [0.25, 0.3) is 0 Å². The van der Waals surface area contributed by atoms with Crippen LogP contribution in [0.5, 0.6) is 0 Å². The van der Waals surface area contributed by atoms with Crippen LogP contribution in [0.1, 0.15) is 49.9 Å². The van der Waals surface area contributed by atoms with Crippen LogP contribution in [0.3, 0.4) is 0 Å². The molecule has 0 aliphatic rings. The summed E-state index contributed by atoms with van der Waals surface area (Å²) in [4.78, 5) is 18.6. The first-order valence-electron chi connectivity index (χ1n) is 9.73. The molecule has 1 atom stereocenters. The van der Waals surface area contributed by atoms with Gasteiger partial charge in [0.15, 0.2) is 0 Å². The van der Waals surface area contributed by atoms with Crippen molar-refractivity contribution in [2.75, 3.05) is 18.6 Å². The van der Waals surface area contributed by atoms with Crippen LogP contribution < -0.4 is 4.90 Å². The second-order valence-corrected chi connectivity index (χ2v) is 6.75. The molecule has 0 saturated carbocycles. The zero-order valence-corrected chi connectivity index (χ0v) is 16.6. The number of aliphatic imine (C=N–C) groups is 1. The van der Waals surface area contributed by atoms with E-state index in [0.717, 1.165) is 24.2 Å². The third-order valence-electron chi connectivity index (χ3n) is 4.64. The molecule has 4 nitrogen and oxygen atoms in total. The maximum Gasteiger partial charge on any atom is 0.338 e. The second kappa shape index (κ2) is 11.2. The number of anilines is 1. The van der Waals surface area contributed by atoms with Gasteiger partial charge in [-0.1, -0.05) is 51.3 Å². The average molecular weight is 367 g/mol. The number of unbranched alkanes of at least 4 members (excludes halogenated alkanes) is 1. The highest BCUT2D eigenvalue weighted by Crippen LogP contribution is 2.17. The minimum Gasteiger partial charge on any atom is -0.462 e. The fraction of sp³-hybridized carbons (Fsp3) is 0.391. The summed E-state index contributed by atoms with van der Waals surface area (Å²) in [6.07, 6.45) is 6.27. The van der Waals surface area contributed by atoms with Gasteiger partial charge in [0.2, 0.25) is 0 Å². The summed E-state index contributed by atoms with van der Waals surface area (Å²) in [5, 5.41) is 0. The van der Waals surface area contributed by atoms with Gasteiger partial charge >= 0.3 is 5.97 Å². The Bertz CT molecular complexity index is 711. The van der Waals surface area contributed by atoms with E-state index in [4.69, 9.17) is 4.74 Å². The SMILES string of the molecule is CCCCC(CC)COC(=O)c1ccc(N=CN(C)c2ccccc2)cc1. The molecule has 0 bridgehead atoms. The second-order valence-electron chi connectivity index (χ2n) is 6.75. The first-order chi connectivity index (χ1) is 13.1. The normalized spacial score (nSPS) is 12.1. The van der Waals surface area contributed by atoms with Crippen molar-refractivity contribution >= 4 is 23.7 Å². The van der Waals surface area contributed by atoms with Gasteiger partial charge in [0.05, 0.1) is 24.2 Å². The van der Waals surface area contributed by atoms with E-state index in [1.54, 1.807) is 18.5 Å². The van der Waals surface area contributed by atoms with Gasteiger partial charge in [-0.2, -0.15) is 0 Å². The van der Waals surface area contributed by atoms with Crippen LogP contribution in [-0.2, 0) is 4.74 Å². The highest BCUT2D eigenvalue weighted by Gasteiger charge is 2.11. The summed E-state index contributed by atoms with van der Waals surface area (Å²) in [6, 6.07) is 17.2. The number of carbonyl (C=O) groups is 1. The van der Waals surface area contributed by atoms with Crippen molar-refractivity contribution in [3.8, 4) is 0 Å². The molecule has 4 heteroatoms. The van der Waals surface area contributed by atoms with Crippen molar-refractivity contribution in [2.45, 2.75) is 39.5 Å². The highest BCUT2D eigenvalue weighted by molar-refractivity contribution is 5.90. The Hall–Kier alpha value is -2.62. The molecule has 0 heterocycles. The number of benzene rings is 2. The van der Waals surface area contributed by atoms with E-state index in [2.05, 4.69) is 18.8 Å². The summed E-state index contributed by atoms with van der Waals surface area (Å²) in [7, 11) is 1.95. The molecule has 0 radical (unpaired) electrons. The molecular weight excluding hydrogens is 336 g/mol. The first-order valence-corrected chi connectivity index (χ1v) is 9.73. The van der Waals surface area contributed by atoms with Gasteiger partial charge in [0.1, 0.15) is 0 Å². The fourth-order valence-corrected chi connectivity index (χ4v) is 2.74. The van der Waals surface area contributed by atoms with Crippen molar-refractivity contribution in [2.24, 2.45) is 10.9 Å². The molecule has 0 amide bonds. The summed E-state index contributed by atoms with van der Waals surface area (Å²) >= 11 is 0. The molecular formula is C23H30N2O2. The fourth-order valence-electron chi connectivity index (χ4n) is 2.74. The predicted molar refractivity (Wildman–Crippen MR) is 113 cm³/mol. The van der Waals surface area contributed by atoms with Gasteiger partial charge in [-0.3, -0.25) is 0 Å². The summed E-state index contributed by atoms with van der Waals surface area (Å²) in [6.45, 7) is 4.82. The molecule has 0 spiro atoms. The van der Waals surface area contributed by atoms with Crippen molar-refractivity contribution in [3.63, 3.8) is 0 Å². The average Bonchev–Trinajstić information content (AvgIpc) is 2.73. The lowest BCUT2D eigenvalue weighted by molar-refractivity contribution is 0.0428. The molecule has 2 rings (SSSR count). The number of nitrogens with zero attached hydrogens (tertiary/aromatic N) is 2. The highest BCUT2D eigenvalue weighted by atomic mass is 16.5. The van der Waals surface area contributed by atoms with Crippen LogP contribution in [0.2, 0.25) is 0 Å². The zero-order chi connectivity index (χ0) is 19.5. The molecule has 0 aliphatic carbocycles. The maximum atomic E-state index is 12.2. The first kappa shape index (κ1) is 20.7. The Morgan fingerprint density at radius 2 is 1.81 bits per heavy atom. The van der Waals surface area contributed by atoms with Gasteiger partial charge in [0, 0.05) is 12.7 Å². The summed E-state index contributed by atoms with van der Waals surface area (Å²) < 4.78 is 5.49. The van der Waals surface area contributed by atoms with E-state index in [9.17, 15) is 4.79 Å². The number of rotatable bonds is 10. The molecule has 2 aromatic rings. The van der Waals surface area contributed by atoms with Crippen molar-refractivity contribution in [1.29, 1.82) is 0 Å². The van der Waals surface area contributed by atoms with E-state index < -0.39 is 0 Å². The van der Waals surface area contributed by atoms with E-state index in [1.807, 2.05) is 54.4 Å². The van der Waals surface area contributed by atoms with Crippen LogP contribution in [0.15, 0.2) is 59.6 Å². The van der Waals surface area contributed by atoms with Gasteiger partial charge in [0.25, 0.3) is 0 Å². The van der Waals surface area contributed by atoms with Crippen LogP contribution in [0, 0.1) is 5.92 Å². The van der Waals surface area contributed by atoms with E-state index in [0.29, 0.717) is 18.1 Å². The van der Waals surface area contributed by atoms with Crippen LogP contribution in [-0.4, -0.2) is 26.0 Å².